The average molecular weight is 415 g/mol. The fraction of sp³-hybridized carbons (Fsp3) is 0.333. The van der Waals surface area contributed by atoms with Crippen molar-refractivity contribution in [2.45, 2.75) is 33.0 Å². The first-order chi connectivity index (χ1) is 14.5. The van der Waals surface area contributed by atoms with Gasteiger partial charge in [0.1, 0.15) is 18.1 Å². The monoisotopic (exact) mass is 415 g/mol. The Morgan fingerprint density at radius 2 is 1.93 bits per heavy atom. The van der Waals surface area contributed by atoms with Gasteiger partial charge in [0, 0.05) is 35.2 Å². The van der Waals surface area contributed by atoms with E-state index in [1.54, 1.807) is 24.3 Å². The van der Waals surface area contributed by atoms with E-state index in [0.29, 0.717) is 34.8 Å². The third-order valence-corrected chi connectivity index (χ3v) is 4.41. The van der Waals surface area contributed by atoms with Crippen LogP contribution in [0.4, 0.5) is 5.69 Å². The van der Waals surface area contributed by atoms with Gasteiger partial charge >= 0.3 is 5.97 Å². The molecule has 30 heavy (non-hydrogen) atoms. The maximum Gasteiger partial charge on any atom is 0.306 e. The summed E-state index contributed by atoms with van der Waals surface area (Å²) in [6.45, 7) is 2.40. The number of nitro benzene ring substituents is 1. The minimum Gasteiger partial charge on any atom is -0.494 e. The molecule has 0 bridgehead atoms. The van der Waals surface area contributed by atoms with Gasteiger partial charge in [-0.05, 0) is 31.2 Å². The van der Waals surface area contributed by atoms with E-state index in [0.717, 1.165) is 0 Å². The number of hydrogen-bond donors (Lipinski definition) is 0. The number of esters is 1. The summed E-state index contributed by atoms with van der Waals surface area (Å²) in [5.74, 6) is 0.316. The second-order valence-electron chi connectivity index (χ2n) is 6.50. The van der Waals surface area contributed by atoms with Gasteiger partial charge in [-0.2, -0.15) is 0 Å². The quantitative estimate of drug-likeness (QED) is 0.264. The maximum absolute atomic E-state index is 12.2. The largest absolute Gasteiger partial charge is 0.494 e. The molecule has 158 valence electrons. The highest BCUT2D eigenvalue weighted by Gasteiger charge is 2.22. The maximum atomic E-state index is 12.2. The van der Waals surface area contributed by atoms with Crippen LogP contribution in [0.2, 0.25) is 0 Å². The number of ether oxygens (including phenoxy) is 4. The Kier molecular flexibility index (Phi) is 6.97. The standard InChI is InChI=1S/C21H21NO8/c1-2-28-18-5-3-14(4-6-18)19(23)7-8-20(24)29-12-16-10-17(22(25)26)9-15-11-27-13-30-21(15)16/h3-6,9-10H,2,7-8,11-13H2,1H3. The molecule has 0 N–H and O–H groups in total. The molecule has 0 spiro atoms. The lowest BCUT2D eigenvalue weighted by molar-refractivity contribution is -0.385. The van der Waals surface area contributed by atoms with Crippen molar-refractivity contribution in [1.82, 2.24) is 0 Å². The van der Waals surface area contributed by atoms with Gasteiger partial charge in [0.25, 0.3) is 5.69 Å². The molecule has 0 fully saturated rings. The van der Waals surface area contributed by atoms with Crippen LogP contribution in [0.15, 0.2) is 36.4 Å². The summed E-state index contributed by atoms with van der Waals surface area (Å²) in [5, 5.41) is 11.1. The first-order valence-electron chi connectivity index (χ1n) is 9.40. The summed E-state index contributed by atoms with van der Waals surface area (Å²) >= 11 is 0. The number of ketones is 1. The van der Waals surface area contributed by atoms with Gasteiger partial charge < -0.3 is 18.9 Å². The minimum absolute atomic E-state index is 0.00972. The number of carbonyl (C=O) groups excluding carboxylic acids is 2. The zero-order valence-electron chi connectivity index (χ0n) is 16.4. The summed E-state index contributed by atoms with van der Waals surface area (Å²) in [6.07, 6.45) is -0.114. The second-order valence-corrected chi connectivity index (χ2v) is 6.50. The molecular weight excluding hydrogens is 394 g/mol. The van der Waals surface area contributed by atoms with Crippen molar-refractivity contribution in [2.24, 2.45) is 0 Å². The number of carbonyl (C=O) groups is 2. The normalized spacial score (nSPS) is 12.4. The van der Waals surface area contributed by atoms with Crippen LogP contribution in [0, 0.1) is 10.1 Å². The van der Waals surface area contributed by atoms with Crippen molar-refractivity contribution in [3.8, 4) is 11.5 Å². The number of fused-ring (bicyclic) bond motifs is 1. The van der Waals surface area contributed by atoms with Crippen LogP contribution in [0.5, 0.6) is 11.5 Å². The summed E-state index contributed by atoms with van der Waals surface area (Å²) < 4.78 is 21.1. The number of nitro groups is 1. The molecule has 0 aliphatic carbocycles. The van der Waals surface area contributed by atoms with E-state index in [2.05, 4.69) is 0 Å². The van der Waals surface area contributed by atoms with Gasteiger partial charge in [-0.15, -0.1) is 0 Å². The van der Waals surface area contributed by atoms with Crippen LogP contribution >= 0.6 is 0 Å². The summed E-state index contributed by atoms with van der Waals surface area (Å²) in [5.41, 5.74) is 1.24. The van der Waals surface area contributed by atoms with Crippen molar-refractivity contribution in [3.63, 3.8) is 0 Å². The number of rotatable bonds is 9. The highest BCUT2D eigenvalue weighted by Crippen LogP contribution is 2.33. The number of nitrogens with zero attached hydrogens (tertiary/aromatic N) is 1. The third kappa shape index (κ3) is 5.32. The highest BCUT2D eigenvalue weighted by molar-refractivity contribution is 5.97. The van der Waals surface area contributed by atoms with Gasteiger partial charge in [0.05, 0.1) is 24.6 Å². The molecule has 0 radical (unpaired) electrons. The van der Waals surface area contributed by atoms with E-state index in [1.165, 1.54) is 12.1 Å². The lowest BCUT2D eigenvalue weighted by Crippen LogP contribution is -2.15. The Bertz CT molecular complexity index is 939. The molecule has 0 atom stereocenters. The molecule has 1 aliphatic rings. The number of non-ortho nitro benzene ring substituents is 1. The predicted octanol–water partition coefficient (Wildman–Crippen LogP) is 3.57. The van der Waals surface area contributed by atoms with Crippen LogP contribution in [-0.4, -0.2) is 30.1 Å². The summed E-state index contributed by atoms with van der Waals surface area (Å²) in [7, 11) is 0. The van der Waals surface area contributed by atoms with E-state index < -0.39 is 10.9 Å². The molecule has 2 aromatic rings. The Morgan fingerprint density at radius 3 is 2.63 bits per heavy atom. The Balaban J connectivity index is 1.56. The van der Waals surface area contributed by atoms with Gasteiger partial charge in [0.15, 0.2) is 12.6 Å². The minimum atomic E-state index is -0.582. The van der Waals surface area contributed by atoms with Gasteiger partial charge in [-0.25, -0.2) is 0 Å². The summed E-state index contributed by atoms with van der Waals surface area (Å²) in [4.78, 5) is 34.9. The van der Waals surface area contributed by atoms with E-state index in [9.17, 15) is 19.7 Å². The molecule has 3 rings (SSSR count). The molecule has 1 heterocycles. The van der Waals surface area contributed by atoms with Crippen molar-refractivity contribution >= 4 is 17.4 Å². The SMILES string of the molecule is CCOc1ccc(C(=O)CCC(=O)OCc2cc([N+](=O)[O-])cc3c2OCOC3)cc1. The van der Waals surface area contributed by atoms with Crippen molar-refractivity contribution in [3.05, 3.63) is 63.2 Å². The third-order valence-electron chi connectivity index (χ3n) is 4.41. The van der Waals surface area contributed by atoms with Crippen LogP contribution < -0.4 is 9.47 Å². The number of hydrogen-bond acceptors (Lipinski definition) is 8. The molecule has 2 aromatic carbocycles. The molecule has 9 nitrogen and oxygen atoms in total. The van der Waals surface area contributed by atoms with Gasteiger partial charge in [-0.3, -0.25) is 19.7 Å². The fourth-order valence-electron chi connectivity index (χ4n) is 2.99. The van der Waals surface area contributed by atoms with E-state index >= 15 is 0 Å². The van der Waals surface area contributed by atoms with E-state index in [1.807, 2.05) is 6.92 Å². The van der Waals surface area contributed by atoms with Crippen molar-refractivity contribution in [2.75, 3.05) is 13.4 Å². The summed E-state index contributed by atoms with van der Waals surface area (Å²) in [6, 6.07) is 9.37. The van der Waals surface area contributed by atoms with E-state index in [4.69, 9.17) is 18.9 Å². The van der Waals surface area contributed by atoms with Gasteiger partial charge in [0.2, 0.25) is 0 Å². The zero-order valence-corrected chi connectivity index (χ0v) is 16.4. The van der Waals surface area contributed by atoms with Crippen LogP contribution in [0.25, 0.3) is 0 Å². The van der Waals surface area contributed by atoms with Crippen molar-refractivity contribution < 1.29 is 33.5 Å². The second kappa shape index (κ2) is 9.84. The topological polar surface area (TPSA) is 114 Å². The molecule has 0 aromatic heterocycles. The first kappa shape index (κ1) is 21.3. The van der Waals surface area contributed by atoms with E-state index in [-0.39, 0.29) is 44.3 Å². The molecule has 0 saturated heterocycles. The van der Waals surface area contributed by atoms with Crippen LogP contribution in [-0.2, 0) is 27.5 Å². The number of benzene rings is 2. The molecule has 9 heteroatoms. The lowest BCUT2D eigenvalue weighted by atomic mass is 10.1. The molecule has 0 unspecified atom stereocenters. The van der Waals surface area contributed by atoms with Crippen LogP contribution in [0.3, 0.4) is 0 Å². The van der Waals surface area contributed by atoms with Crippen molar-refractivity contribution in [1.29, 1.82) is 0 Å². The predicted molar refractivity (Wildman–Crippen MR) is 104 cm³/mol. The Hall–Kier alpha value is -3.46. The Labute approximate surface area is 172 Å². The average Bonchev–Trinajstić information content (AvgIpc) is 2.76. The Morgan fingerprint density at radius 1 is 1.17 bits per heavy atom. The van der Waals surface area contributed by atoms with Crippen LogP contribution in [0.1, 0.15) is 41.3 Å². The molecular formula is C21H21NO8. The fourth-order valence-corrected chi connectivity index (χ4v) is 2.99. The smallest absolute Gasteiger partial charge is 0.306 e. The highest BCUT2D eigenvalue weighted by atomic mass is 16.7. The molecule has 0 saturated carbocycles. The lowest BCUT2D eigenvalue weighted by Gasteiger charge is -2.20. The number of Topliss-reactive ketones (excluding diaryl/α,β-unsaturated/α-hetero) is 1. The first-order valence-corrected chi connectivity index (χ1v) is 9.40. The zero-order chi connectivity index (χ0) is 21.5. The van der Waals surface area contributed by atoms with Gasteiger partial charge in [-0.1, -0.05) is 0 Å². The molecule has 0 amide bonds. The molecule has 1 aliphatic heterocycles.